The van der Waals surface area contributed by atoms with Crippen molar-refractivity contribution in [1.29, 1.82) is 0 Å². The SMILES string of the molecule is Oc1ccc(-c2ccc(-c3ccccc3)cc2I)cc1. The van der Waals surface area contributed by atoms with Gasteiger partial charge in [0.25, 0.3) is 0 Å². The Balaban J connectivity index is 2.02. The Bertz CT molecular complexity index is 718. The van der Waals surface area contributed by atoms with Crippen molar-refractivity contribution in [1.82, 2.24) is 0 Å². The van der Waals surface area contributed by atoms with Gasteiger partial charge in [0.1, 0.15) is 5.75 Å². The molecule has 0 radical (unpaired) electrons. The van der Waals surface area contributed by atoms with E-state index in [0.717, 1.165) is 5.56 Å². The van der Waals surface area contributed by atoms with Crippen LogP contribution in [0.1, 0.15) is 0 Å². The number of rotatable bonds is 2. The molecule has 0 aromatic heterocycles. The number of benzene rings is 3. The van der Waals surface area contributed by atoms with E-state index in [1.165, 1.54) is 20.3 Å². The molecular weight excluding hydrogens is 359 g/mol. The second-order valence-electron chi connectivity index (χ2n) is 4.61. The van der Waals surface area contributed by atoms with Crippen molar-refractivity contribution in [3.63, 3.8) is 0 Å². The van der Waals surface area contributed by atoms with Gasteiger partial charge in [-0.25, -0.2) is 0 Å². The lowest BCUT2D eigenvalue weighted by Gasteiger charge is -2.08. The first kappa shape index (κ1) is 13.2. The fraction of sp³-hybridized carbons (Fsp3) is 0. The van der Waals surface area contributed by atoms with Gasteiger partial charge in [-0.2, -0.15) is 0 Å². The third kappa shape index (κ3) is 2.70. The zero-order valence-corrected chi connectivity index (χ0v) is 12.9. The Morgan fingerprint density at radius 1 is 0.650 bits per heavy atom. The Kier molecular flexibility index (Phi) is 3.74. The second kappa shape index (κ2) is 5.67. The molecule has 1 N–H and O–H groups in total. The summed E-state index contributed by atoms with van der Waals surface area (Å²) in [5, 5.41) is 9.36. The van der Waals surface area contributed by atoms with Crippen molar-refractivity contribution >= 4 is 22.6 Å². The lowest BCUT2D eigenvalue weighted by Crippen LogP contribution is -1.85. The number of aromatic hydroxyl groups is 1. The molecule has 2 heteroatoms. The van der Waals surface area contributed by atoms with Gasteiger partial charge in [-0.15, -0.1) is 0 Å². The van der Waals surface area contributed by atoms with Gasteiger partial charge in [-0.1, -0.05) is 54.6 Å². The first-order valence-corrected chi connectivity index (χ1v) is 7.46. The average molecular weight is 372 g/mol. The highest BCUT2D eigenvalue weighted by molar-refractivity contribution is 14.1. The van der Waals surface area contributed by atoms with E-state index < -0.39 is 0 Å². The summed E-state index contributed by atoms with van der Waals surface area (Å²) in [6, 6.07) is 24.1. The van der Waals surface area contributed by atoms with E-state index >= 15 is 0 Å². The van der Waals surface area contributed by atoms with E-state index in [0.29, 0.717) is 5.75 Å². The molecule has 0 fully saturated rings. The fourth-order valence-electron chi connectivity index (χ4n) is 2.20. The largest absolute Gasteiger partial charge is 0.508 e. The van der Waals surface area contributed by atoms with Gasteiger partial charge >= 0.3 is 0 Å². The maximum Gasteiger partial charge on any atom is 0.115 e. The molecule has 0 heterocycles. The molecule has 0 aliphatic heterocycles. The molecule has 0 atom stereocenters. The Morgan fingerprint density at radius 2 is 1.30 bits per heavy atom. The number of phenols is 1. The molecule has 3 aromatic rings. The van der Waals surface area contributed by atoms with Crippen LogP contribution in [0, 0.1) is 3.57 Å². The van der Waals surface area contributed by atoms with Crippen molar-refractivity contribution in [3.05, 3.63) is 76.4 Å². The van der Waals surface area contributed by atoms with Gasteiger partial charge in [-0.3, -0.25) is 0 Å². The minimum Gasteiger partial charge on any atom is -0.508 e. The standard InChI is InChI=1S/C18H13IO/c19-18-12-15(13-4-2-1-3-5-13)8-11-17(18)14-6-9-16(20)10-7-14/h1-12,20H. The van der Waals surface area contributed by atoms with Crippen LogP contribution in [0.3, 0.4) is 0 Å². The molecule has 0 unspecified atom stereocenters. The third-order valence-electron chi connectivity index (χ3n) is 3.25. The summed E-state index contributed by atoms with van der Waals surface area (Å²) in [6.45, 7) is 0. The van der Waals surface area contributed by atoms with Crippen molar-refractivity contribution in [2.45, 2.75) is 0 Å². The maximum atomic E-state index is 9.36. The van der Waals surface area contributed by atoms with Gasteiger partial charge in [0.2, 0.25) is 0 Å². The molecule has 98 valence electrons. The monoisotopic (exact) mass is 372 g/mol. The molecule has 0 aliphatic rings. The minimum absolute atomic E-state index is 0.296. The average Bonchev–Trinajstić information content (AvgIpc) is 2.49. The molecule has 0 saturated heterocycles. The smallest absolute Gasteiger partial charge is 0.115 e. The highest BCUT2D eigenvalue weighted by Crippen LogP contribution is 2.30. The highest BCUT2D eigenvalue weighted by Gasteiger charge is 2.05. The Morgan fingerprint density at radius 3 is 1.95 bits per heavy atom. The number of hydrogen-bond acceptors (Lipinski definition) is 1. The van der Waals surface area contributed by atoms with Gasteiger partial charge in [0.15, 0.2) is 0 Å². The van der Waals surface area contributed by atoms with Crippen LogP contribution in [-0.4, -0.2) is 5.11 Å². The zero-order chi connectivity index (χ0) is 13.9. The zero-order valence-electron chi connectivity index (χ0n) is 10.8. The van der Waals surface area contributed by atoms with Crippen molar-refractivity contribution in [2.24, 2.45) is 0 Å². The summed E-state index contributed by atoms with van der Waals surface area (Å²) in [6.07, 6.45) is 0. The van der Waals surface area contributed by atoms with Gasteiger partial charge in [-0.05, 0) is 63.0 Å². The maximum absolute atomic E-state index is 9.36. The van der Waals surface area contributed by atoms with Gasteiger partial charge < -0.3 is 5.11 Å². The lowest BCUT2D eigenvalue weighted by molar-refractivity contribution is 0.475. The van der Waals surface area contributed by atoms with E-state index in [1.807, 2.05) is 18.2 Å². The predicted octanol–water partition coefficient (Wildman–Crippen LogP) is 5.33. The quantitative estimate of drug-likeness (QED) is 0.603. The summed E-state index contributed by atoms with van der Waals surface area (Å²) >= 11 is 2.36. The summed E-state index contributed by atoms with van der Waals surface area (Å²) in [7, 11) is 0. The predicted molar refractivity (Wildman–Crippen MR) is 91.7 cm³/mol. The van der Waals surface area contributed by atoms with E-state index in [-0.39, 0.29) is 0 Å². The summed E-state index contributed by atoms with van der Waals surface area (Å²) in [5.41, 5.74) is 4.75. The molecule has 0 amide bonds. The number of hydrogen-bond donors (Lipinski definition) is 1. The van der Waals surface area contributed by atoms with Crippen molar-refractivity contribution in [2.75, 3.05) is 0 Å². The molecular formula is C18H13IO. The highest BCUT2D eigenvalue weighted by atomic mass is 127. The molecule has 3 rings (SSSR count). The van der Waals surface area contributed by atoms with Crippen LogP contribution in [0.15, 0.2) is 72.8 Å². The molecule has 0 spiro atoms. The van der Waals surface area contributed by atoms with Crippen LogP contribution in [0.25, 0.3) is 22.3 Å². The molecule has 3 aromatic carbocycles. The summed E-state index contributed by atoms with van der Waals surface area (Å²) in [5.74, 6) is 0.296. The van der Waals surface area contributed by atoms with E-state index in [2.05, 4.69) is 65.1 Å². The van der Waals surface area contributed by atoms with Gasteiger partial charge in [0.05, 0.1) is 0 Å². The fourth-order valence-corrected chi connectivity index (χ4v) is 3.03. The van der Waals surface area contributed by atoms with Crippen LogP contribution in [0.5, 0.6) is 5.75 Å². The lowest BCUT2D eigenvalue weighted by atomic mass is 10.0. The van der Waals surface area contributed by atoms with Crippen molar-refractivity contribution in [3.8, 4) is 28.0 Å². The molecule has 1 nitrogen and oxygen atoms in total. The van der Waals surface area contributed by atoms with E-state index in [4.69, 9.17) is 0 Å². The number of phenolic OH excluding ortho intramolecular Hbond substituents is 1. The van der Waals surface area contributed by atoms with Crippen LogP contribution >= 0.6 is 22.6 Å². The first-order valence-electron chi connectivity index (χ1n) is 6.38. The minimum atomic E-state index is 0.296. The molecule has 0 saturated carbocycles. The van der Waals surface area contributed by atoms with Crippen LogP contribution in [-0.2, 0) is 0 Å². The molecule has 0 aliphatic carbocycles. The third-order valence-corrected chi connectivity index (χ3v) is 4.15. The Hall–Kier alpha value is -1.81. The Labute approximate surface area is 132 Å². The molecule has 20 heavy (non-hydrogen) atoms. The van der Waals surface area contributed by atoms with Crippen molar-refractivity contribution < 1.29 is 5.11 Å². The van der Waals surface area contributed by atoms with E-state index in [9.17, 15) is 5.11 Å². The van der Waals surface area contributed by atoms with E-state index in [1.54, 1.807) is 12.1 Å². The van der Waals surface area contributed by atoms with Crippen LogP contribution < -0.4 is 0 Å². The van der Waals surface area contributed by atoms with Gasteiger partial charge in [0, 0.05) is 3.57 Å². The van der Waals surface area contributed by atoms with Crippen LogP contribution in [0.4, 0.5) is 0 Å². The number of halogens is 1. The first-order chi connectivity index (χ1) is 9.74. The normalized spacial score (nSPS) is 10.4. The molecule has 0 bridgehead atoms. The second-order valence-corrected chi connectivity index (χ2v) is 5.77. The summed E-state index contributed by atoms with van der Waals surface area (Å²) in [4.78, 5) is 0. The van der Waals surface area contributed by atoms with Crippen LogP contribution in [0.2, 0.25) is 0 Å². The summed E-state index contributed by atoms with van der Waals surface area (Å²) < 4.78 is 1.20. The topological polar surface area (TPSA) is 20.2 Å².